The van der Waals surface area contributed by atoms with Crippen molar-refractivity contribution in [3.8, 4) is 6.07 Å². The van der Waals surface area contributed by atoms with Gasteiger partial charge in [-0.1, -0.05) is 25.4 Å². The predicted octanol–water partition coefficient (Wildman–Crippen LogP) is 2.75. The standard InChI is InChI=1S/C13H16ClN3O/c1-10(2)9-17(8-4-6-15)13(18)11-5-3-7-16-12(11)14/h3,5,7,10H,4,8-9H2,1-2H3. The first-order valence-electron chi connectivity index (χ1n) is 5.83. The van der Waals surface area contributed by atoms with Crippen molar-refractivity contribution in [1.29, 1.82) is 5.26 Å². The molecule has 1 aromatic heterocycles. The van der Waals surface area contributed by atoms with Gasteiger partial charge in [-0.15, -0.1) is 0 Å². The second-order valence-corrected chi connectivity index (χ2v) is 4.75. The minimum Gasteiger partial charge on any atom is -0.337 e. The van der Waals surface area contributed by atoms with E-state index in [1.54, 1.807) is 23.2 Å². The first-order chi connectivity index (χ1) is 8.56. The van der Waals surface area contributed by atoms with E-state index in [4.69, 9.17) is 16.9 Å². The molecular weight excluding hydrogens is 250 g/mol. The summed E-state index contributed by atoms with van der Waals surface area (Å²) >= 11 is 5.91. The second kappa shape index (κ2) is 6.97. The van der Waals surface area contributed by atoms with E-state index in [1.165, 1.54) is 0 Å². The summed E-state index contributed by atoms with van der Waals surface area (Å²) in [5.41, 5.74) is 0.387. The van der Waals surface area contributed by atoms with E-state index in [0.29, 0.717) is 31.0 Å². The van der Waals surface area contributed by atoms with Crippen LogP contribution in [0.15, 0.2) is 18.3 Å². The minimum absolute atomic E-state index is 0.169. The van der Waals surface area contributed by atoms with Gasteiger partial charge in [0.05, 0.1) is 18.1 Å². The van der Waals surface area contributed by atoms with Crippen LogP contribution in [-0.2, 0) is 0 Å². The summed E-state index contributed by atoms with van der Waals surface area (Å²) in [5.74, 6) is 0.167. The lowest BCUT2D eigenvalue weighted by atomic mass is 10.1. The molecule has 0 N–H and O–H groups in total. The van der Waals surface area contributed by atoms with Crippen molar-refractivity contribution in [3.63, 3.8) is 0 Å². The molecule has 0 saturated heterocycles. The fraction of sp³-hybridized carbons (Fsp3) is 0.462. The molecule has 1 heterocycles. The molecule has 0 bridgehead atoms. The summed E-state index contributed by atoms with van der Waals surface area (Å²) in [6.07, 6.45) is 1.86. The topological polar surface area (TPSA) is 57.0 Å². The van der Waals surface area contributed by atoms with E-state index in [-0.39, 0.29) is 11.1 Å². The highest BCUT2D eigenvalue weighted by atomic mass is 35.5. The van der Waals surface area contributed by atoms with Crippen LogP contribution in [0.3, 0.4) is 0 Å². The number of amides is 1. The molecule has 0 saturated carbocycles. The van der Waals surface area contributed by atoms with Crippen molar-refractivity contribution in [2.75, 3.05) is 13.1 Å². The van der Waals surface area contributed by atoms with Gasteiger partial charge in [0.2, 0.25) is 0 Å². The van der Waals surface area contributed by atoms with Gasteiger partial charge in [-0.3, -0.25) is 4.79 Å². The molecule has 4 nitrogen and oxygen atoms in total. The van der Waals surface area contributed by atoms with Gasteiger partial charge < -0.3 is 4.90 Å². The Kier molecular flexibility index (Phi) is 5.60. The van der Waals surface area contributed by atoms with E-state index >= 15 is 0 Å². The number of hydrogen-bond acceptors (Lipinski definition) is 3. The third kappa shape index (κ3) is 4.01. The van der Waals surface area contributed by atoms with Crippen molar-refractivity contribution < 1.29 is 4.79 Å². The SMILES string of the molecule is CC(C)CN(CCC#N)C(=O)c1cccnc1Cl. The summed E-state index contributed by atoms with van der Waals surface area (Å²) in [4.78, 5) is 17.8. The Morgan fingerprint density at radius 3 is 2.89 bits per heavy atom. The molecular formula is C13H16ClN3O. The zero-order valence-corrected chi connectivity index (χ0v) is 11.3. The molecule has 1 aromatic rings. The largest absolute Gasteiger partial charge is 0.337 e. The molecule has 0 aliphatic rings. The van der Waals surface area contributed by atoms with Crippen LogP contribution in [0.5, 0.6) is 0 Å². The normalized spacial score (nSPS) is 10.2. The molecule has 1 amide bonds. The van der Waals surface area contributed by atoms with Crippen molar-refractivity contribution >= 4 is 17.5 Å². The van der Waals surface area contributed by atoms with E-state index in [0.717, 1.165) is 0 Å². The summed E-state index contributed by atoms with van der Waals surface area (Å²) < 4.78 is 0. The van der Waals surface area contributed by atoms with Gasteiger partial charge in [0.15, 0.2) is 0 Å². The average molecular weight is 266 g/mol. The molecule has 18 heavy (non-hydrogen) atoms. The number of halogens is 1. The van der Waals surface area contributed by atoms with Crippen LogP contribution in [0.2, 0.25) is 5.15 Å². The van der Waals surface area contributed by atoms with Crippen molar-refractivity contribution in [1.82, 2.24) is 9.88 Å². The Balaban J connectivity index is 2.88. The Bertz CT molecular complexity index is 454. The molecule has 0 aliphatic carbocycles. The monoisotopic (exact) mass is 265 g/mol. The molecule has 0 radical (unpaired) electrons. The van der Waals surface area contributed by atoms with E-state index in [1.807, 2.05) is 19.9 Å². The van der Waals surface area contributed by atoms with Crippen LogP contribution >= 0.6 is 11.6 Å². The Morgan fingerprint density at radius 1 is 1.61 bits per heavy atom. The molecule has 1 rings (SSSR count). The molecule has 0 spiro atoms. The van der Waals surface area contributed by atoms with E-state index < -0.39 is 0 Å². The lowest BCUT2D eigenvalue weighted by molar-refractivity contribution is 0.0739. The fourth-order valence-corrected chi connectivity index (χ4v) is 1.82. The fourth-order valence-electron chi connectivity index (χ4n) is 1.62. The van der Waals surface area contributed by atoms with Crippen LogP contribution in [0.25, 0.3) is 0 Å². The number of aromatic nitrogens is 1. The van der Waals surface area contributed by atoms with Crippen LogP contribution in [0.4, 0.5) is 0 Å². The number of rotatable bonds is 5. The summed E-state index contributed by atoms with van der Waals surface area (Å²) in [7, 11) is 0. The van der Waals surface area contributed by atoms with Gasteiger partial charge in [0.25, 0.3) is 5.91 Å². The molecule has 0 fully saturated rings. The molecule has 0 unspecified atom stereocenters. The zero-order valence-electron chi connectivity index (χ0n) is 10.6. The first-order valence-corrected chi connectivity index (χ1v) is 6.20. The predicted molar refractivity (Wildman–Crippen MR) is 70.2 cm³/mol. The van der Waals surface area contributed by atoms with Crippen molar-refractivity contribution in [3.05, 3.63) is 29.0 Å². The highest BCUT2D eigenvalue weighted by Gasteiger charge is 2.19. The summed E-state index contributed by atoms with van der Waals surface area (Å²) in [5, 5.41) is 8.83. The van der Waals surface area contributed by atoms with E-state index in [2.05, 4.69) is 4.98 Å². The third-order valence-corrected chi connectivity index (χ3v) is 2.66. The second-order valence-electron chi connectivity index (χ2n) is 4.39. The van der Waals surface area contributed by atoms with Crippen LogP contribution < -0.4 is 0 Å². The highest BCUT2D eigenvalue weighted by Crippen LogP contribution is 2.15. The van der Waals surface area contributed by atoms with Gasteiger partial charge >= 0.3 is 0 Å². The number of nitrogens with zero attached hydrogens (tertiary/aromatic N) is 3. The van der Waals surface area contributed by atoms with E-state index in [9.17, 15) is 4.79 Å². The van der Waals surface area contributed by atoms with Gasteiger partial charge in [-0.05, 0) is 18.1 Å². The molecule has 0 atom stereocenters. The van der Waals surface area contributed by atoms with Crippen LogP contribution in [0.1, 0.15) is 30.6 Å². The maximum Gasteiger partial charge on any atom is 0.257 e. The van der Waals surface area contributed by atoms with Gasteiger partial charge in [0.1, 0.15) is 5.15 Å². The number of carbonyl (C=O) groups excluding carboxylic acids is 1. The maximum absolute atomic E-state index is 12.3. The van der Waals surface area contributed by atoms with Gasteiger partial charge in [-0.2, -0.15) is 5.26 Å². The van der Waals surface area contributed by atoms with Crippen LogP contribution in [0, 0.1) is 17.2 Å². The lowest BCUT2D eigenvalue weighted by Gasteiger charge is -2.23. The van der Waals surface area contributed by atoms with Crippen molar-refractivity contribution in [2.24, 2.45) is 5.92 Å². The molecule has 0 aromatic carbocycles. The van der Waals surface area contributed by atoms with Gasteiger partial charge in [-0.25, -0.2) is 4.98 Å². The highest BCUT2D eigenvalue weighted by molar-refractivity contribution is 6.32. The number of hydrogen-bond donors (Lipinski definition) is 0. The molecule has 5 heteroatoms. The summed E-state index contributed by atoms with van der Waals surface area (Å²) in [6.45, 7) is 5.07. The van der Waals surface area contributed by atoms with Crippen molar-refractivity contribution in [2.45, 2.75) is 20.3 Å². The lowest BCUT2D eigenvalue weighted by Crippen LogP contribution is -2.35. The third-order valence-electron chi connectivity index (χ3n) is 2.36. The Hall–Kier alpha value is -1.60. The van der Waals surface area contributed by atoms with Crippen LogP contribution in [-0.4, -0.2) is 28.9 Å². The summed E-state index contributed by atoms with van der Waals surface area (Å²) in [6, 6.07) is 5.38. The quantitative estimate of drug-likeness (QED) is 0.769. The minimum atomic E-state index is -0.169. The average Bonchev–Trinajstić information content (AvgIpc) is 2.34. The smallest absolute Gasteiger partial charge is 0.257 e. The molecule has 96 valence electrons. The maximum atomic E-state index is 12.3. The zero-order chi connectivity index (χ0) is 13.5. The molecule has 0 aliphatic heterocycles. The first kappa shape index (κ1) is 14.5. The number of carbonyl (C=O) groups is 1. The Labute approximate surface area is 112 Å². The number of nitriles is 1. The van der Waals surface area contributed by atoms with Gasteiger partial charge in [0, 0.05) is 19.3 Å². The number of pyridine rings is 1. The Morgan fingerprint density at radius 2 is 2.33 bits per heavy atom.